The second-order valence-corrected chi connectivity index (χ2v) is 5.32. The second kappa shape index (κ2) is 4.67. The van der Waals surface area contributed by atoms with Crippen molar-refractivity contribution in [3.8, 4) is 12.0 Å². The molecule has 0 N–H and O–H groups in total. The van der Waals surface area contributed by atoms with Gasteiger partial charge in [-0.1, -0.05) is 11.1 Å². The summed E-state index contributed by atoms with van der Waals surface area (Å²) in [6.45, 7) is 5.93. The Morgan fingerprint density at radius 2 is 2.06 bits per heavy atom. The van der Waals surface area contributed by atoms with E-state index in [1.165, 1.54) is 0 Å². The van der Waals surface area contributed by atoms with Gasteiger partial charge in [-0.3, -0.25) is 0 Å². The molecule has 0 radical (unpaired) electrons. The summed E-state index contributed by atoms with van der Waals surface area (Å²) in [6.07, 6.45) is 2.31. The summed E-state index contributed by atoms with van der Waals surface area (Å²) in [5, 5.41) is 9.99. The van der Waals surface area contributed by atoms with Crippen molar-refractivity contribution in [3.63, 3.8) is 0 Å². The van der Waals surface area contributed by atoms with E-state index in [0.29, 0.717) is 6.04 Å². The molecule has 5 nitrogen and oxygen atoms in total. The van der Waals surface area contributed by atoms with E-state index in [1.54, 1.807) is 12.1 Å². The lowest BCUT2D eigenvalue weighted by molar-refractivity contribution is 0.0888. The van der Waals surface area contributed by atoms with E-state index in [9.17, 15) is 0 Å². The Balaban J connectivity index is 1.96. The fourth-order valence-electron chi connectivity index (χ4n) is 1.49. The lowest BCUT2D eigenvalue weighted by Crippen LogP contribution is -2.41. The molecule has 1 atom stereocenters. The molecule has 92 valence electrons. The van der Waals surface area contributed by atoms with Crippen molar-refractivity contribution < 1.29 is 9.31 Å². The monoisotopic (exact) mass is 235 g/mol. The third-order valence-corrected chi connectivity index (χ3v) is 2.45. The molecule has 0 aromatic rings. The van der Waals surface area contributed by atoms with Gasteiger partial charge in [0.2, 0.25) is 0 Å². The Kier molecular flexibility index (Phi) is 3.41. The minimum atomic E-state index is -0.465. The molecule has 1 aliphatic heterocycles. The van der Waals surface area contributed by atoms with Gasteiger partial charge in [-0.15, -0.1) is 0 Å². The van der Waals surface area contributed by atoms with Gasteiger partial charge in [-0.25, -0.2) is 5.01 Å². The van der Waals surface area contributed by atoms with Crippen molar-refractivity contribution in [2.45, 2.75) is 51.2 Å². The molecular weight excluding hydrogens is 217 g/mol. The van der Waals surface area contributed by atoms with Crippen LogP contribution in [-0.2, 0) is 9.31 Å². The first-order chi connectivity index (χ1) is 7.99. The zero-order valence-corrected chi connectivity index (χ0v) is 10.8. The number of rotatable bonds is 4. The van der Waals surface area contributed by atoms with E-state index in [-0.39, 0.29) is 11.5 Å². The van der Waals surface area contributed by atoms with Crippen LogP contribution < -0.4 is 0 Å². The van der Waals surface area contributed by atoms with Crippen molar-refractivity contribution in [1.29, 1.82) is 0 Å². The van der Waals surface area contributed by atoms with Crippen LogP contribution in [0.3, 0.4) is 0 Å². The molecule has 1 fully saturated rings. The summed E-state index contributed by atoms with van der Waals surface area (Å²) < 4.78 is 11.0. The first kappa shape index (κ1) is 12.4. The van der Waals surface area contributed by atoms with Crippen molar-refractivity contribution in [2.75, 3.05) is 7.11 Å². The van der Waals surface area contributed by atoms with Crippen molar-refractivity contribution in [2.24, 2.45) is 10.3 Å². The second-order valence-electron chi connectivity index (χ2n) is 5.32. The first-order valence-corrected chi connectivity index (χ1v) is 5.91. The maximum atomic E-state index is 5.74. The van der Waals surface area contributed by atoms with Crippen LogP contribution in [0, 0.1) is 12.0 Å². The Labute approximate surface area is 103 Å². The highest BCUT2D eigenvalue weighted by molar-refractivity contribution is 6.47. The van der Waals surface area contributed by atoms with E-state index in [2.05, 4.69) is 22.3 Å². The van der Waals surface area contributed by atoms with Gasteiger partial charge in [0, 0.05) is 18.8 Å². The van der Waals surface area contributed by atoms with E-state index in [1.807, 2.05) is 20.8 Å². The molecule has 0 bridgehead atoms. The molecule has 2 aliphatic rings. The van der Waals surface area contributed by atoms with Crippen LogP contribution >= 0.6 is 0 Å². The van der Waals surface area contributed by atoms with Crippen molar-refractivity contribution in [1.82, 2.24) is 5.01 Å². The molecule has 1 heterocycles. The van der Waals surface area contributed by atoms with Gasteiger partial charge in [0.15, 0.2) is 5.94 Å². The van der Waals surface area contributed by atoms with Crippen LogP contribution in [0.5, 0.6) is 0 Å². The molecule has 1 unspecified atom stereocenters. The van der Waals surface area contributed by atoms with Gasteiger partial charge < -0.3 is 9.31 Å². The first-order valence-electron chi connectivity index (χ1n) is 5.91. The van der Waals surface area contributed by atoms with Crippen molar-refractivity contribution in [3.05, 3.63) is 0 Å². The van der Waals surface area contributed by atoms with E-state index < -0.39 is 7.12 Å². The summed E-state index contributed by atoms with van der Waals surface area (Å²) in [7, 11) is 1.13. The summed E-state index contributed by atoms with van der Waals surface area (Å²) in [5.41, 5.74) is -0.286. The summed E-state index contributed by atoms with van der Waals surface area (Å²) in [4.78, 5) is 0. The predicted molar refractivity (Wildman–Crippen MR) is 64.9 cm³/mol. The van der Waals surface area contributed by atoms with Crippen LogP contribution in [0.25, 0.3) is 0 Å². The van der Waals surface area contributed by atoms with E-state index >= 15 is 0 Å². The van der Waals surface area contributed by atoms with Crippen LogP contribution in [0.1, 0.15) is 33.6 Å². The van der Waals surface area contributed by atoms with Gasteiger partial charge in [0.25, 0.3) is 0 Å². The van der Waals surface area contributed by atoms with E-state index in [4.69, 9.17) is 9.31 Å². The molecule has 0 spiro atoms. The topological polar surface area (TPSA) is 46.4 Å². The molecular formula is C11H18BN3O2. The number of hydrogen-bond donors (Lipinski definition) is 0. The minimum absolute atomic E-state index is 0.286. The van der Waals surface area contributed by atoms with Gasteiger partial charge in [0.1, 0.15) is 0 Å². The molecule has 17 heavy (non-hydrogen) atoms. The third-order valence-electron chi connectivity index (χ3n) is 2.45. The molecule has 0 aromatic carbocycles. The molecule has 1 saturated carbocycles. The van der Waals surface area contributed by atoms with Gasteiger partial charge >= 0.3 is 7.12 Å². The van der Waals surface area contributed by atoms with Crippen LogP contribution in [0.15, 0.2) is 10.3 Å². The standard InChI is InChI=1S/C11H18BN3O2/c1-11(2,3)17-12(16-4)10-7-8-15(14-13-10)9-5-6-9/h9-10H,5-6H2,1-4H3. The van der Waals surface area contributed by atoms with Gasteiger partial charge in [-0.2, -0.15) is 5.11 Å². The number of hydrogen-bond acceptors (Lipinski definition) is 5. The summed E-state index contributed by atoms with van der Waals surface area (Å²) >= 11 is 0. The highest BCUT2D eigenvalue weighted by Gasteiger charge is 2.36. The zero-order chi connectivity index (χ0) is 12.5. The van der Waals surface area contributed by atoms with Crippen LogP contribution in [0.4, 0.5) is 0 Å². The Morgan fingerprint density at radius 3 is 2.47 bits per heavy atom. The number of nitrogens with zero attached hydrogens (tertiary/aromatic N) is 3. The Hall–Kier alpha value is -1.06. The minimum Gasteiger partial charge on any atom is -0.412 e. The maximum Gasteiger partial charge on any atom is 0.498 e. The van der Waals surface area contributed by atoms with Gasteiger partial charge in [0.05, 0.1) is 6.04 Å². The predicted octanol–water partition coefficient (Wildman–Crippen LogP) is 1.65. The molecule has 2 rings (SSSR count). The maximum absolute atomic E-state index is 5.74. The quantitative estimate of drug-likeness (QED) is 0.549. The smallest absolute Gasteiger partial charge is 0.412 e. The largest absolute Gasteiger partial charge is 0.498 e. The van der Waals surface area contributed by atoms with Crippen LogP contribution in [0.2, 0.25) is 0 Å². The Morgan fingerprint density at radius 1 is 1.35 bits per heavy atom. The van der Waals surface area contributed by atoms with Gasteiger partial charge in [-0.05, 0) is 33.6 Å². The summed E-state index contributed by atoms with van der Waals surface area (Å²) in [5.74, 6) is 2.69. The molecule has 0 saturated heterocycles. The fourth-order valence-corrected chi connectivity index (χ4v) is 1.49. The molecule has 1 aliphatic carbocycles. The van der Waals surface area contributed by atoms with Crippen molar-refractivity contribution >= 4 is 7.12 Å². The third kappa shape index (κ3) is 3.45. The highest BCUT2D eigenvalue weighted by Crippen LogP contribution is 2.27. The highest BCUT2D eigenvalue weighted by atomic mass is 16.6. The Bertz CT molecular complexity index is 365. The molecule has 0 aromatic heterocycles. The fraction of sp³-hybridized carbons (Fsp3) is 0.818. The molecule has 0 amide bonds. The van der Waals surface area contributed by atoms with E-state index in [0.717, 1.165) is 12.8 Å². The average molecular weight is 235 g/mol. The average Bonchev–Trinajstić information content (AvgIpc) is 3.09. The van der Waals surface area contributed by atoms with Crippen LogP contribution in [-0.4, -0.2) is 36.8 Å². The zero-order valence-electron chi connectivity index (χ0n) is 10.8. The lowest BCUT2D eigenvalue weighted by atomic mass is 9.78. The SMILES string of the molecule is COB(OC(C)(C)C)C1C#CN(C2CC2)N=N1. The summed E-state index contributed by atoms with van der Waals surface area (Å²) in [6, 6.07) is 3.46. The molecule has 6 heteroatoms. The lowest BCUT2D eigenvalue weighted by Gasteiger charge is -2.26. The normalized spacial score (nSPS) is 23.3.